The molecule has 1 atom stereocenters. The Labute approximate surface area is 207 Å². The van der Waals surface area contributed by atoms with Crippen LogP contribution >= 0.6 is 47.9 Å². The van der Waals surface area contributed by atoms with E-state index in [1.165, 1.54) is 35.3 Å². The zero-order valence-corrected chi connectivity index (χ0v) is 21.7. The van der Waals surface area contributed by atoms with Crippen LogP contribution in [0.3, 0.4) is 0 Å². The third kappa shape index (κ3) is 15.9. The van der Waals surface area contributed by atoms with Crippen LogP contribution in [-0.4, -0.2) is 103 Å². The monoisotopic (exact) mass is 532 g/mol. The molecule has 0 radical (unpaired) electrons. The number of ether oxygens (including phenoxy) is 4. The molecule has 0 aliphatic carbocycles. The molecule has 32 heavy (non-hydrogen) atoms. The Morgan fingerprint density at radius 1 is 0.812 bits per heavy atom. The van der Waals surface area contributed by atoms with Crippen molar-refractivity contribution in [1.82, 2.24) is 0 Å². The minimum Gasteiger partial charge on any atom is -0.464 e. The lowest BCUT2D eigenvalue weighted by atomic mass is 9.92. The maximum atomic E-state index is 12.1. The summed E-state index contributed by atoms with van der Waals surface area (Å²) in [5.74, 6) is -0.663. The molecule has 13 heteroatoms. The van der Waals surface area contributed by atoms with Crippen molar-refractivity contribution in [2.24, 2.45) is 5.41 Å². The Bertz CT molecular complexity index is 577. The Balaban J connectivity index is 5.28. The van der Waals surface area contributed by atoms with Gasteiger partial charge in [-0.15, -0.1) is 0 Å². The first-order valence-corrected chi connectivity index (χ1v) is 14.1. The molecule has 0 aromatic heterocycles. The molecule has 0 spiro atoms. The van der Waals surface area contributed by atoms with E-state index in [2.05, 4.69) is 12.6 Å². The zero-order chi connectivity index (χ0) is 24.2. The van der Waals surface area contributed by atoms with E-state index in [4.69, 9.17) is 24.1 Å². The number of hydrogen-bond acceptors (Lipinski definition) is 13. The molecule has 0 aliphatic heterocycles. The van der Waals surface area contributed by atoms with Crippen LogP contribution in [0.15, 0.2) is 0 Å². The molecule has 0 aromatic rings. The van der Waals surface area contributed by atoms with Gasteiger partial charge in [-0.25, -0.2) is 0 Å². The summed E-state index contributed by atoms with van der Waals surface area (Å²) in [5.41, 5.74) is -1.26. The van der Waals surface area contributed by atoms with Crippen LogP contribution in [0.25, 0.3) is 0 Å². The summed E-state index contributed by atoms with van der Waals surface area (Å²) in [6, 6.07) is 0. The van der Waals surface area contributed by atoms with E-state index >= 15 is 0 Å². The van der Waals surface area contributed by atoms with Crippen molar-refractivity contribution < 1.29 is 43.2 Å². The van der Waals surface area contributed by atoms with Crippen LogP contribution in [0.5, 0.6) is 0 Å². The Kier molecular flexibility index (Phi) is 19.2. The molecule has 0 fully saturated rings. The molecule has 9 nitrogen and oxygen atoms in total. The van der Waals surface area contributed by atoms with E-state index in [0.29, 0.717) is 12.2 Å². The van der Waals surface area contributed by atoms with Gasteiger partial charge < -0.3 is 24.1 Å². The first-order chi connectivity index (χ1) is 15.3. The van der Waals surface area contributed by atoms with Gasteiger partial charge in [0.25, 0.3) is 0 Å². The summed E-state index contributed by atoms with van der Waals surface area (Å²) in [4.78, 5) is 47.7. The lowest BCUT2D eigenvalue weighted by Crippen LogP contribution is -2.44. The number of hydrogen-bond donors (Lipinski definition) is 2. The van der Waals surface area contributed by atoms with E-state index in [1.807, 2.05) is 6.92 Å². The molecule has 0 heterocycles. The molecular weight excluding hydrogens is 500 g/mol. The van der Waals surface area contributed by atoms with Gasteiger partial charge >= 0.3 is 23.9 Å². The minimum atomic E-state index is -1.26. The Hall–Kier alpha value is -0.760. The highest BCUT2D eigenvalue weighted by atomic mass is 32.2. The van der Waals surface area contributed by atoms with Crippen molar-refractivity contribution in [3.63, 3.8) is 0 Å². The van der Waals surface area contributed by atoms with Gasteiger partial charge in [-0.3, -0.25) is 19.2 Å². The van der Waals surface area contributed by atoms with Crippen molar-refractivity contribution in [3.8, 4) is 0 Å². The number of rotatable bonds is 19. The van der Waals surface area contributed by atoms with E-state index in [1.54, 1.807) is 6.26 Å². The molecule has 1 unspecified atom stereocenters. The molecule has 1 N–H and O–H groups in total. The average molecular weight is 533 g/mol. The van der Waals surface area contributed by atoms with Gasteiger partial charge in [0.05, 0.1) is 23.0 Å². The normalized spacial score (nSPS) is 12.5. The summed E-state index contributed by atoms with van der Waals surface area (Å²) in [6.45, 7) is 0.816. The average Bonchev–Trinajstić information content (AvgIpc) is 2.79. The van der Waals surface area contributed by atoms with Crippen molar-refractivity contribution >= 4 is 71.8 Å². The van der Waals surface area contributed by atoms with Crippen molar-refractivity contribution in [2.75, 3.05) is 73.8 Å². The van der Waals surface area contributed by atoms with Crippen LogP contribution in [-0.2, 0) is 38.1 Å². The highest BCUT2D eigenvalue weighted by Gasteiger charge is 2.37. The number of thioether (sulfide) groups is 3. The zero-order valence-electron chi connectivity index (χ0n) is 18.4. The number of esters is 4. The van der Waals surface area contributed by atoms with Crippen molar-refractivity contribution in [3.05, 3.63) is 0 Å². The third-order valence-corrected chi connectivity index (χ3v) is 6.29. The number of aliphatic hydroxyl groups excluding tert-OH is 1. The largest absolute Gasteiger partial charge is 0.464 e. The van der Waals surface area contributed by atoms with E-state index in [-0.39, 0.29) is 56.0 Å². The van der Waals surface area contributed by atoms with Crippen LogP contribution in [0.1, 0.15) is 13.3 Å². The molecule has 0 aliphatic rings. The highest BCUT2D eigenvalue weighted by molar-refractivity contribution is 8.00. The summed E-state index contributed by atoms with van der Waals surface area (Å²) in [6.07, 6.45) is 2.30. The molecule has 0 amide bonds. The maximum absolute atomic E-state index is 12.1. The minimum absolute atomic E-state index is 0.0325. The number of aliphatic hydroxyl groups is 1. The van der Waals surface area contributed by atoms with Crippen LogP contribution in [0.4, 0.5) is 0 Å². The van der Waals surface area contributed by atoms with Crippen molar-refractivity contribution in [2.45, 2.75) is 13.3 Å². The predicted octanol–water partition coefficient (Wildman–Crippen LogP) is 1.31. The van der Waals surface area contributed by atoms with Gasteiger partial charge in [0, 0.05) is 6.61 Å². The van der Waals surface area contributed by atoms with Gasteiger partial charge in [-0.2, -0.15) is 47.9 Å². The number of carbonyl (C=O) groups excluding carboxylic acids is 4. The molecule has 0 saturated heterocycles. The quantitative estimate of drug-likeness (QED) is 0.108. The summed E-state index contributed by atoms with van der Waals surface area (Å²) in [7, 11) is 0. The van der Waals surface area contributed by atoms with Crippen LogP contribution in [0.2, 0.25) is 0 Å². The second kappa shape index (κ2) is 19.7. The number of thiol groups is 1. The molecule has 0 saturated carbocycles. The SMILES string of the molecule is CCSCC(=O)OCC(COC(=O)CS)(COC(=O)CSC)COC(=O)CSCCCO. The first kappa shape index (κ1) is 31.2. The van der Waals surface area contributed by atoms with Gasteiger partial charge in [-0.1, -0.05) is 6.92 Å². The van der Waals surface area contributed by atoms with Crippen LogP contribution in [0, 0.1) is 5.41 Å². The van der Waals surface area contributed by atoms with E-state index in [0.717, 1.165) is 5.75 Å². The maximum Gasteiger partial charge on any atom is 0.315 e. The summed E-state index contributed by atoms with van der Waals surface area (Å²) < 4.78 is 21.1. The lowest BCUT2D eigenvalue weighted by molar-refractivity contribution is -0.167. The van der Waals surface area contributed by atoms with Crippen molar-refractivity contribution in [1.29, 1.82) is 0 Å². The van der Waals surface area contributed by atoms with Gasteiger partial charge in [-0.05, 0) is 24.2 Å². The fourth-order valence-electron chi connectivity index (χ4n) is 1.98. The molecule has 0 bridgehead atoms. The molecule has 0 rings (SSSR count). The topological polar surface area (TPSA) is 125 Å². The van der Waals surface area contributed by atoms with E-state index < -0.39 is 29.3 Å². The Morgan fingerprint density at radius 2 is 1.28 bits per heavy atom. The fourth-order valence-corrected chi connectivity index (χ4v) is 3.57. The third-order valence-electron chi connectivity index (χ3n) is 3.64. The molecule has 0 aromatic carbocycles. The first-order valence-electron chi connectivity index (χ1n) is 9.81. The van der Waals surface area contributed by atoms with Gasteiger partial charge in [0.15, 0.2) is 0 Å². The predicted molar refractivity (Wildman–Crippen MR) is 131 cm³/mol. The second-order valence-electron chi connectivity index (χ2n) is 6.50. The smallest absolute Gasteiger partial charge is 0.315 e. The molecule has 186 valence electrons. The van der Waals surface area contributed by atoms with Gasteiger partial charge in [0.1, 0.15) is 31.8 Å². The number of carbonyl (C=O) groups is 4. The standard InChI is InChI=1S/C19H32O9S4/c1-3-31-9-17(23)27-13-19(11-25-15(21)7-29,12-26-16(22)8-30-2)14-28-18(24)10-32-6-4-5-20/h20,29H,3-14H2,1-2H3. The second-order valence-corrected chi connectivity index (χ2v) is 10.1. The van der Waals surface area contributed by atoms with Gasteiger partial charge in [0.2, 0.25) is 0 Å². The van der Waals surface area contributed by atoms with E-state index in [9.17, 15) is 19.2 Å². The van der Waals surface area contributed by atoms with Crippen LogP contribution < -0.4 is 0 Å². The summed E-state index contributed by atoms with van der Waals surface area (Å²) in [5, 5.41) is 8.80. The molecular formula is C19H32O9S4. The highest BCUT2D eigenvalue weighted by Crippen LogP contribution is 2.22. The Morgan fingerprint density at radius 3 is 1.72 bits per heavy atom. The fraction of sp³-hybridized carbons (Fsp3) is 0.789. The summed E-state index contributed by atoms with van der Waals surface area (Å²) >= 11 is 7.83. The lowest BCUT2D eigenvalue weighted by Gasteiger charge is -2.31.